The summed E-state index contributed by atoms with van der Waals surface area (Å²) in [6, 6.07) is 8.83. The zero-order valence-electron chi connectivity index (χ0n) is 16.0. The number of aryl methyl sites for hydroxylation is 3. The molecule has 1 amide bonds. The summed E-state index contributed by atoms with van der Waals surface area (Å²) in [4.78, 5) is 13.5. The summed E-state index contributed by atoms with van der Waals surface area (Å²) >= 11 is 0. The highest BCUT2D eigenvalue weighted by Gasteiger charge is 2.26. The monoisotopic (exact) mass is 388 g/mol. The number of hydrogen-bond donors (Lipinski definition) is 1. The Labute approximate surface area is 160 Å². The molecule has 0 bridgehead atoms. The van der Waals surface area contributed by atoms with Gasteiger partial charge in [0, 0.05) is 19.3 Å². The molecule has 1 aliphatic heterocycles. The number of carbonyl (C=O) groups is 1. The van der Waals surface area contributed by atoms with Gasteiger partial charge in [-0.15, -0.1) is 0 Å². The Morgan fingerprint density at radius 1 is 1.11 bits per heavy atom. The van der Waals surface area contributed by atoms with E-state index < -0.39 is 10.0 Å². The molecule has 0 saturated heterocycles. The van der Waals surface area contributed by atoms with Gasteiger partial charge in [0.1, 0.15) is 12.4 Å². The molecule has 144 valence electrons. The van der Waals surface area contributed by atoms with E-state index in [1.54, 1.807) is 24.1 Å². The highest BCUT2D eigenvalue weighted by atomic mass is 32.2. The lowest BCUT2D eigenvalue weighted by Gasteiger charge is -2.14. The van der Waals surface area contributed by atoms with Crippen LogP contribution in [0.4, 0.5) is 5.69 Å². The summed E-state index contributed by atoms with van der Waals surface area (Å²) in [7, 11) is -1.97. The maximum absolute atomic E-state index is 12.5. The number of carbonyl (C=O) groups excluding carboxylic acids is 1. The smallest absolute Gasteiger partial charge is 0.240 e. The molecule has 0 saturated carbocycles. The van der Waals surface area contributed by atoms with Crippen LogP contribution in [0.3, 0.4) is 0 Å². The molecule has 6 nitrogen and oxygen atoms in total. The van der Waals surface area contributed by atoms with E-state index in [-0.39, 0.29) is 30.4 Å². The van der Waals surface area contributed by atoms with Crippen LogP contribution >= 0.6 is 0 Å². The van der Waals surface area contributed by atoms with Crippen molar-refractivity contribution in [1.29, 1.82) is 0 Å². The van der Waals surface area contributed by atoms with Crippen molar-refractivity contribution < 1.29 is 17.9 Å². The van der Waals surface area contributed by atoms with E-state index in [0.29, 0.717) is 0 Å². The molecule has 1 heterocycles. The second-order valence-corrected chi connectivity index (χ2v) is 8.66. The zero-order valence-corrected chi connectivity index (χ0v) is 16.8. The molecule has 0 spiro atoms. The van der Waals surface area contributed by atoms with E-state index in [0.717, 1.165) is 28.1 Å². The number of ether oxygens (including phenoxy) is 1. The fourth-order valence-corrected chi connectivity index (χ4v) is 4.48. The van der Waals surface area contributed by atoms with Crippen LogP contribution in [0.2, 0.25) is 0 Å². The first kappa shape index (κ1) is 19.4. The fourth-order valence-electron chi connectivity index (χ4n) is 3.42. The number of sulfonamides is 1. The van der Waals surface area contributed by atoms with Crippen molar-refractivity contribution in [3.63, 3.8) is 0 Å². The van der Waals surface area contributed by atoms with E-state index in [2.05, 4.69) is 4.72 Å². The highest BCUT2D eigenvalue weighted by molar-refractivity contribution is 7.89. The van der Waals surface area contributed by atoms with Crippen molar-refractivity contribution in [3.8, 4) is 5.75 Å². The average Bonchev–Trinajstić information content (AvgIpc) is 2.87. The van der Waals surface area contributed by atoms with E-state index in [9.17, 15) is 13.2 Å². The predicted molar refractivity (Wildman–Crippen MR) is 105 cm³/mol. The predicted octanol–water partition coefficient (Wildman–Crippen LogP) is 2.49. The van der Waals surface area contributed by atoms with Crippen LogP contribution in [0.1, 0.15) is 22.3 Å². The molecular formula is C20H24N2O4S. The quantitative estimate of drug-likeness (QED) is 0.772. The zero-order chi connectivity index (χ0) is 19.8. The van der Waals surface area contributed by atoms with Crippen LogP contribution in [0.5, 0.6) is 5.75 Å². The maximum atomic E-state index is 12.5. The van der Waals surface area contributed by atoms with Crippen molar-refractivity contribution in [1.82, 2.24) is 4.72 Å². The normalized spacial score (nSPS) is 13.8. The average molecular weight is 388 g/mol. The van der Waals surface area contributed by atoms with Crippen LogP contribution in [-0.2, 0) is 21.2 Å². The fraction of sp³-hybridized carbons (Fsp3) is 0.350. The second-order valence-electron chi connectivity index (χ2n) is 6.89. The van der Waals surface area contributed by atoms with E-state index in [1.807, 2.05) is 32.9 Å². The number of likely N-dealkylation sites (N-methyl/N-ethyl adjacent to an activating group) is 1. The first-order valence-electron chi connectivity index (χ1n) is 8.79. The van der Waals surface area contributed by atoms with Crippen LogP contribution in [0.15, 0.2) is 35.2 Å². The summed E-state index contributed by atoms with van der Waals surface area (Å²) < 4.78 is 33.4. The first-order chi connectivity index (χ1) is 12.7. The Morgan fingerprint density at radius 3 is 2.44 bits per heavy atom. The van der Waals surface area contributed by atoms with Gasteiger partial charge in [-0.05, 0) is 55.7 Å². The largest absolute Gasteiger partial charge is 0.492 e. The molecule has 27 heavy (non-hydrogen) atoms. The summed E-state index contributed by atoms with van der Waals surface area (Å²) in [6.07, 6.45) is 0.226. The Morgan fingerprint density at radius 2 is 1.78 bits per heavy atom. The lowest BCUT2D eigenvalue weighted by Crippen LogP contribution is -2.28. The number of nitrogens with zero attached hydrogens (tertiary/aromatic N) is 1. The van der Waals surface area contributed by atoms with Gasteiger partial charge in [0.2, 0.25) is 15.9 Å². The number of benzene rings is 2. The third kappa shape index (κ3) is 3.99. The Hall–Kier alpha value is -2.38. The third-order valence-electron chi connectivity index (χ3n) is 4.68. The molecule has 0 radical (unpaired) electrons. The lowest BCUT2D eigenvalue weighted by molar-refractivity contribution is -0.117. The van der Waals surface area contributed by atoms with Crippen LogP contribution in [0.25, 0.3) is 0 Å². The van der Waals surface area contributed by atoms with Crippen LogP contribution in [0, 0.1) is 20.8 Å². The molecule has 0 fully saturated rings. The minimum absolute atomic E-state index is 0.0373. The second kappa shape index (κ2) is 7.32. The lowest BCUT2D eigenvalue weighted by atomic mass is 10.1. The Balaban J connectivity index is 1.63. The molecule has 1 aliphatic rings. The van der Waals surface area contributed by atoms with Crippen molar-refractivity contribution in [2.45, 2.75) is 32.1 Å². The topological polar surface area (TPSA) is 75.7 Å². The number of anilines is 1. The number of hydrogen-bond acceptors (Lipinski definition) is 4. The summed E-state index contributed by atoms with van der Waals surface area (Å²) in [5.74, 6) is 0.753. The van der Waals surface area contributed by atoms with Gasteiger partial charge in [-0.3, -0.25) is 4.79 Å². The summed E-state index contributed by atoms with van der Waals surface area (Å²) in [6.45, 7) is 6.37. The number of nitrogens with one attached hydrogen (secondary N) is 1. The summed E-state index contributed by atoms with van der Waals surface area (Å²) in [5.41, 5.74) is 4.71. The molecular weight excluding hydrogens is 364 g/mol. The van der Waals surface area contributed by atoms with Gasteiger partial charge in [0.15, 0.2) is 0 Å². The van der Waals surface area contributed by atoms with Gasteiger partial charge < -0.3 is 9.64 Å². The van der Waals surface area contributed by atoms with Gasteiger partial charge in [0.25, 0.3) is 0 Å². The van der Waals surface area contributed by atoms with Crippen molar-refractivity contribution in [3.05, 3.63) is 52.6 Å². The molecule has 0 unspecified atom stereocenters. The molecule has 2 aromatic carbocycles. The SMILES string of the molecule is Cc1cc(C)c(OCCNS(=O)(=O)c2ccc3c(c2)CC(=O)N3C)c(C)c1. The van der Waals surface area contributed by atoms with Crippen LogP contribution in [-0.4, -0.2) is 34.5 Å². The first-order valence-corrected chi connectivity index (χ1v) is 10.3. The molecule has 2 aromatic rings. The van der Waals surface area contributed by atoms with E-state index in [4.69, 9.17) is 4.74 Å². The molecule has 0 aliphatic carbocycles. The Kier molecular flexibility index (Phi) is 5.26. The third-order valence-corrected chi connectivity index (χ3v) is 6.14. The van der Waals surface area contributed by atoms with Gasteiger partial charge in [-0.2, -0.15) is 0 Å². The number of fused-ring (bicyclic) bond motifs is 1. The van der Waals surface area contributed by atoms with Crippen molar-refractivity contribution in [2.75, 3.05) is 25.1 Å². The minimum Gasteiger partial charge on any atom is -0.492 e. The van der Waals surface area contributed by atoms with Gasteiger partial charge in [-0.25, -0.2) is 13.1 Å². The maximum Gasteiger partial charge on any atom is 0.240 e. The molecule has 7 heteroatoms. The van der Waals surface area contributed by atoms with Crippen molar-refractivity contribution >= 4 is 21.6 Å². The molecule has 3 rings (SSSR count). The molecule has 0 atom stereocenters. The van der Waals surface area contributed by atoms with E-state index in [1.165, 1.54) is 11.6 Å². The standard InChI is InChI=1S/C20H24N2O4S/c1-13-9-14(2)20(15(3)10-13)26-8-7-21-27(24,25)17-5-6-18-16(11-17)12-19(23)22(18)4/h5-6,9-11,21H,7-8,12H2,1-4H3. The number of amides is 1. The molecule has 1 N–H and O–H groups in total. The Bertz CT molecular complexity index is 976. The highest BCUT2D eigenvalue weighted by Crippen LogP contribution is 2.29. The van der Waals surface area contributed by atoms with Gasteiger partial charge in [0.05, 0.1) is 11.3 Å². The van der Waals surface area contributed by atoms with Crippen LogP contribution < -0.4 is 14.4 Å². The number of rotatable bonds is 6. The minimum atomic E-state index is -3.66. The van der Waals surface area contributed by atoms with E-state index >= 15 is 0 Å². The van der Waals surface area contributed by atoms with Crippen molar-refractivity contribution in [2.24, 2.45) is 0 Å². The van der Waals surface area contributed by atoms with Gasteiger partial charge >= 0.3 is 0 Å². The van der Waals surface area contributed by atoms with Gasteiger partial charge in [-0.1, -0.05) is 17.7 Å². The molecule has 0 aromatic heterocycles. The summed E-state index contributed by atoms with van der Waals surface area (Å²) in [5, 5.41) is 0.